The predicted molar refractivity (Wildman–Crippen MR) is 73.1 cm³/mol. The number of benzene rings is 1. The summed E-state index contributed by atoms with van der Waals surface area (Å²) >= 11 is 0. The molecule has 0 unspecified atom stereocenters. The van der Waals surface area contributed by atoms with Gasteiger partial charge in [-0.05, 0) is 50.4 Å². The molecule has 1 aromatic heterocycles. The Morgan fingerprint density at radius 1 is 1.26 bits per heavy atom. The highest BCUT2D eigenvalue weighted by Crippen LogP contribution is 2.24. The van der Waals surface area contributed by atoms with Crippen LogP contribution in [0.3, 0.4) is 0 Å². The average Bonchev–Trinajstić information content (AvgIpc) is 2.38. The molecule has 1 heterocycles. The standard InChI is InChI=1S/C15H17NO3/c1-4-18-14(17)15(2,3)19-13-6-5-12-10-16-8-7-11(12)9-13/h5-10H,4H2,1-3H3. The maximum atomic E-state index is 11.8. The van der Waals surface area contributed by atoms with E-state index in [-0.39, 0.29) is 5.97 Å². The third kappa shape index (κ3) is 3.02. The normalized spacial score (nSPS) is 11.3. The number of esters is 1. The van der Waals surface area contributed by atoms with Gasteiger partial charge in [0.25, 0.3) is 0 Å². The van der Waals surface area contributed by atoms with Gasteiger partial charge in [-0.15, -0.1) is 0 Å². The van der Waals surface area contributed by atoms with Crippen molar-refractivity contribution >= 4 is 16.7 Å². The summed E-state index contributed by atoms with van der Waals surface area (Å²) < 4.78 is 10.7. The fraction of sp³-hybridized carbons (Fsp3) is 0.333. The molecule has 2 rings (SSSR count). The summed E-state index contributed by atoms with van der Waals surface area (Å²) in [6.07, 6.45) is 3.51. The third-order valence-electron chi connectivity index (χ3n) is 2.75. The van der Waals surface area contributed by atoms with E-state index in [0.29, 0.717) is 12.4 Å². The fourth-order valence-electron chi connectivity index (χ4n) is 1.77. The van der Waals surface area contributed by atoms with Crippen LogP contribution in [0.5, 0.6) is 5.75 Å². The highest BCUT2D eigenvalue weighted by atomic mass is 16.6. The van der Waals surface area contributed by atoms with E-state index in [1.807, 2.05) is 24.3 Å². The van der Waals surface area contributed by atoms with Crippen LogP contribution in [0.15, 0.2) is 36.7 Å². The van der Waals surface area contributed by atoms with Crippen molar-refractivity contribution in [2.45, 2.75) is 26.4 Å². The van der Waals surface area contributed by atoms with E-state index >= 15 is 0 Å². The molecular weight excluding hydrogens is 242 g/mol. The lowest BCUT2D eigenvalue weighted by atomic mass is 10.1. The van der Waals surface area contributed by atoms with Crippen LogP contribution in [0.2, 0.25) is 0 Å². The molecule has 0 aliphatic carbocycles. The molecule has 2 aromatic rings. The van der Waals surface area contributed by atoms with Crippen LogP contribution in [0.1, 0.15) is 20.8 Å². The first-order valence-electron chi connectivity index (χ1n) is 6.23. The zero-order chi connectivity index (χ0) is 13.9. The van der Waals surface area contributed by atoms with Crippen LogP contribution in [0.4, 0.5) is 0 Å². The van der Waals surface area contributed by atoms with Gasteiger partial charge in [-0.2, -0.15) is 0 Å². The zero-order valence-corrected chi connectivity index (χ0v) is 11.3. The molecule has 1 aromatic carbocycles. The van der Waals surface area contributed by atoms with E-state index in [1.54, 1.807) is 33.2 Å². The van der Waals surface area contributed by atoms with Gasteiger partial charge in [-0.1, -0.05) is 0 Å². The molecule has 0 atom stereocenters. The Bertz CT molecular complexity index is 593. The number of rotatable bonds is 4. The van der Waals surface area contributed by atoms with E-state index < -0.39 is 5.60 Å². The second-order valence-corrected chi connectivity index (χ2v) is 4.72. The summed E-state index contributed by atoms with van der Waals surface area (Å²) in [6, 6.07) is 7.53. The number of aromatic nitrogens is 1. The Balaban J connectivity index is 2.23. The monoisotopic (exact) mass is 259 g/mol. The summed E-state index contributed by atoms with van der Waals surface area (Å²) in [6.45, 7) is 5.51. The van der Waals surface area contributed by atoms with Crippen molar-refractivity contribution < 1.29 is 14.3 Å². The van der Waals surface area contributed by atoms with Gasteiger partial charge in [0.05, 0.1) is 6.61 Å². The highest BCUT2D eigenvalue weighted by Gasteiger charge is 2.31. The highest BCUT2D eigenvalue weighted by molar-refractivity contribution is 5.83. The third-order valence-corrected chi connectivity index (χ3v) is 2.75. The molecule has 0 saturated carbocycles. The lowest BCUT2D eigenvalue weighted by molar-refractivity contribution is -0.158. The molecule has 0 bridgehead atoms. The number of nitrogens with zero attached hydrogens (tertiary/aromatic N) is 1. The van der Waals surface area contributed by atoms with Gasteiger partial charge in [0, 0.05) is 17.8 Å². The fourth-order valence-corrected chi connectivity index (χ4v) is 1.77. The topological polar surface area (TPSA) is 48.4 Å². The second kappa shape index (κ2) is 5.26. The summed E-state index contributed by atoms with van der Waals surface area (Å²) in [5.41, 5.74) is -1.00. The summed E-state index contributed by atoms with van der Waals surface area (Å²) in [7, 11) is 0. The van der Waals surface area contributed by atoms with Crippen LogP contribution in [0, 0.1) is 0 Å². The summed E-state index contributed by atoms with van der Waals surface area (Å²) in [4.78, 5) is 15.8. The van der Waals surface area contributed by atoms with Crippen molar-refractivity contribution in [3.8, 4) is 5.75 Å². The first-order chi connectivity index (χ1) is 9.03. The molecule has 0 spiro atoms. The molecule has 0 radical (unpaired) electrons. The van der Waals surface area contributed by atoms with Crippen molar-refractivity contribution in [3.63, 3.8) is 0 Å². The quantitative estimate of drug-likeness (QED) is 0.792. The minimum atomic E-state index is -1.00. The lowest BCUT2D eigenvalue weighted by Gasteiger charge is -2.24. The van der Waals surface area contributed by atoms with Crippen LogP contribution in [-0.4, -0.2) is 23.2 Å². The molecule has 0 fully saturated rings. The Morgan fingerprint density at radius 2 is 2.05 bits per heavy atom. The lowest BCUT2D eigenvalue weighted by Crippen LogP contribution is -2.39. The van der Waals surface area contributed by atoms with E-state index in [4.69, 9.17) is 9.47 Å². The summed E-state index contributed by atoms with van der Waals surface area (Å²) in [5, 5.41) is 2.05. The van der Waals surface area contributed by atoms with Crippen molar-refractivity contribution in [1.29, 1.82) is 0 Å². The molecule has 0 aliphatic heterocycles. The number of carbonyl (C=O) groups is 1. The maximum absolute atomic E-state index is 11.8. The van der Waals surface area contributed by atoms with Gasteiger partial charge in [0.2, 0.25) is 0 Å². The first-order valence-corrected chi connectivity index (χ1v) is 6.23. The minimum Gasteiger partial charge on any atom is -0.476 e. The molecule has 0 amide bonds. The molecular formula is C15H17NO3. The van der Waals surface area contributed by atoms with E-state index in [1.165, 1.54) is 0 Å². The largest absolute Gasteiger partial charge is 0.476 e. The maximum Gasteiger partial charge on any atom is 0.349 e. The second-order valence-electron chi connectivity index (χ2n) is 4.72. The van der Waals surface area contributed by atoms with Crippen molar-refractivity contribution in [2.75, 3.05) is 6.61 Å². The molecule has 4 heteroatoms. The van der Waals surface area contributed by atoms with Gasteiger partial charge in [-0.3, -0.25) is 4.98 Å². The Morgan fingerprint density at radius 3 is 2.79 bits per heavy atom. The number of fused-ring (bicyclic) bond motifs is 1. The van der Waals surface area contributed by atoms with Crippen LogP contribution in [0.25, 0.3) is 10.8 Å². The molecule has 19 heavy (non-hydrogen) atoms. The molecule has 0 N–H and O–H groups in total. The average molecular weight is 259 g/mol. The van der Waals surface area contributed by atoms with Crippen molar-refractivity contribution in [3.05, 3.63) is 36.7 Å². The van der Waals surface area contributed by atoms with Crippen molar-refractivity contribution in [1.82, 2.24) is 4.98 Å². The number of pyridine rings is 1. The molecule has 4 nitrogen and oxygen atoms in total. The molecule has 0 aliphatic rings. The smallest absolute Gasteiger partial charge is 0.349 e. The minimum absolute atomic E-state index is 0.342. The number of hydrogen-bond donors (Lipinski definition) is 0. The van der Waals surface area contributed by atoms with Crippen LogP contribution < -0.4 is 4.74 Å². The Kier molecular flexibility index (Phi) is 3.69. The first kappa shape index (κ1) is 13.3. The van der Waals surface area contributed by atoms with Gasteiger partial charge >= 0.3 is 5.97 Å². The zero-order valence-electron chi connectivity index (χ0n) is 11.3. The van der Waals surface area contributed by atoms with Gasteiger partial charge in [0.15, 0.2) is 5.60 Å². The Hall–Kier alpha value is -2.10. The number of carbonyl (C=O) groups excluding carboxylic acids is 1. The van der Waals surface area contributed by atoms with E-state index in [0.717, 1.165) is 10.8 Å². The van der Waals surface area contributed by atoms with Gasteiger partial charge < -0.3 is 9.47 Å². The summed E-state index contributed by atoms with van der Waals surface area (Å²) in [5.74, 6) is 0.265. The number of ether oxygens (including phenoxy) is 2. The van der Waals surface area contributed by atoms with Crippen LogP contribution >= 0.6 is 0 Å². The van der Waals surface area contributed by atoms with Crippen molar-refractivity contribution in [2.24, 2.45) is 0 Å². The SMILES string of the molecule is CCOC(=O)C(C)(C)Oc1ccc2cnccc2c1. The van der Waals surface area contributed by atoms with Crippen LogP contribution in [-0.2, 0) is 9.53 Å². The Labute approximate surface area is 112 Å². The predicted octanol–water partition coefficient (Wildman–Crippen LogP) is 2.96. The van der Waals surface area contributed by atoms with Gasteiger partial charge in [0.1, 0.15) is 5.75 Å². The number of hydrogen-bond acceptors (Lipinski definition) is 4. The van der Waals surface area contributed by atoms with E-state index in [9.17, 15) is 4.79 Å². The molecule has 100 valence electrons. The molecule has 0 saturated heterocycles. The van der Waals surface area contributed by atoms with Gasteiger partial charge in [-0.25, -0.2) is 4.79 Å². The van der Waals surface area contributed by atoms with E-state index in [2.05, 4.69) is 4.98 Å².